The van der Waals surface area contributed by atoms with Crippen molar-refractivity contribution in [2.75, 3.05) is 5.32 Å². The molecule has 0 spiro atoms. The smallest absolute Gasteiger partial charge is 0.336 e. The van der Waals surface area contributed by atoms with Gasteiger partial charge in [0.1, 0.15) is 5.69 Å². The predicted octanol–water partition coefficient (Wildman–Crippen LogP) is 4.65. The van der Waals surface area contributed by atoms with Gasteiger partial charge in [-0.25, -0.2) is 4.98 Å². The number of hydrogen-bond acceptors (Lipinski definition) is 5. The third-order valence-corrected chi connectivity index (χ3v) is 4.95. The first-order valence-corrected chi connectivity index (χ1v) is 9.83. The topological polar surface area (TPSA) is 101 Å². The number of carbonyl (C=O) groups excluding carboxylic acids is 1. The average Bonchev–Trinajstić information content (AvgIpc) is 3.43. The molecular weight excluding hydrogens is 413 g/mol. The van der Waals surface area contributed by atoms with Crippen LogP contribution in [0.15, 0.2) is 27.6 Å². The van der Waals surface area contributed by atoms with Gasteiger partial charge in [-0.05, 0) is 36.8 Å². The first-order valence-electron chi connectivity index (χ1n) is 9.83. The van der Waals surface area contributed by atoms with Crippen LogP contribution < -0.4 is 10.9 Å². The van der Waals surface area contributed by atoms with E-state index in [9.17, 15) is 22.8 Å². The van der Waals surface area contributed by atoms with Gasteiger partial charge in [0.25, 0.3) is 17.2 Å². The molecule has 7 nitrogen and oxygen atoms in total. The van der Waals surface area contributed by atoms with Crippen LogP contribution in [-0.2, 0) is 12.6 Å². The van der Waals surface area contributed by atoms with Gasteiger partial charge in [-0.1, -0.05) is 25.9 Å². The number of carbonyl (C=O) groups is 1. The van der Waals surface area contributed by atoms with Crippen LogP contribution in [0.3, 0.4) is 0 Å². The van der Waals surface area contributed by atoms with Gasteiger partial charge in [0.2, 0.25) is 0 Å². The van der Waals surface area contributed by atoms with Crippen molar-refractivity contribution in [1.29, 1.82) is 0 Å². The maximum atomic E-state index is 13.1. The van der Waals surface area contributed by atoms with Crippen molar-refractivity contribution < 1.29 is 22.5 Å². The molecule has 3 heterocycles. The molecule has 1 aliphatic rings. The quantitative estimate of drug-likeness (QED) is 0.623. The maximum Gasteiger partial charge on any atom is 0.417 e. The third kappa shape index (κ3) is 4.47. The average molecular weight is 434 g/mol. The van der Waals surface area contributed by atoms with Crippen molar-refractivity contribution in [3.05, 3.63) is 51.2 Å². The lowest BCUT2D eigenvalue weighted by Gasteiger charge is -2.16. The van der Waals surface area contributed by atoms with Crippen LogP contribution in [0.5, 0.6) is 0 Å². The molecule has 3 aromatic heterocycles. The number of anilines is 1. The van der Waals surface area contributed by atoms with Crippen molar-refractivity contribution >= 4 is 22.7 Å². The fourth-order valence-electron chi connectivity index (χ4n) is 3.35. The van der Waals surface area contributed by atoms with E-state index in [0.717, 1.165) is 12.8 Å². The molecule has 1 amide bonds. The molecule has 1 aliphatic carbocycles. The molecule has 3 aromatic rings. The van der Waals surface area contributed by atoms with Crippen LogP contribution in [0.1, 0.15) is 66.8 Å². The Kier molecular flexibility index (Phi) is 4.90. The van der Waals surface area contributed by atoms with Gasteiger partial charge >= 0.3 is 6.18 Å². The summed E-state index contributed by atoms with van der Waals surface area (Å²) in [5.74, 6) is -0.526. The number of H-pyrrole nitrogens is 1. The Bertz CT molecular complexity index is 1220. The fourth-order valence-corrected chi connectivity index (χ4v) is 3.35. The highest BCUT2D eigenvalue weighted by molar-refractivity contribution is 6.12. The number of hydrogen-bond donors (Lipinski definition) is 2. The van der Waals surface area contributed by atoms with Gasteiger partial charge < -0.3 is 14.8 Å². The van der Waals surface area contributed by atoms with E-state index in [1.807, 2.05) is 25.8 Å². The van der Waals surface area contributed by atoms with Gasteiger partial charge in [0.15, 0.2) is 0 Å². The highest BCUT2D eigenvalue weighted by Crippen LogP contribution is 2.41. The van der Waals surface area contributed by atoms with E-state index < -0.39 is 28.9 Å². The summed E-state index contributed by atoms with van der Waals surface area (Å²) < 4.78 is 44.5. The normalized spacial score (nSPS) is 14.8. The second-order valence-corrected chi connectivity index (χ2v) is 9.00. The number of aromatic nitrogens is 3. The molecule has 164 valence electrons. The predicted molar refractivity (Wildman–Crippen MR) is 107 cm³/mol. The Morgan fingerprint density at radius 1 is 1.26 bits per heavy atom. The molecule has 0 bridgehead atoms. The Balaban J connectivity index is 1.78. The van der Waals surface area contributed by atoms with Gasteiger partial charge in [-0.2, -0.15) is 13.2 Å². The van der Waals surface area contributed by atoms with Crippen LogP contribution >= 0.6 is 0 Å². The Hall–Kier alpha value is -3.17. The molecule has 0 aromatic carbocycles. The van der Waals surface area contributed by atoms with E-state index in [0.29, 0.717) is 35.5 Å². The zero-order chi connectivity index (χ0) is 22.6. The number of alkyl halides is 3. The van der Waals surface area contributed by atoms with Crippen LogP contribution in [0.2, 0.25) is 0 Å². The number of rotatable bonds is 4. The summed E-state index contributed by atoms with van der Waals surface area (Å²) in [5, 5.41) is 6.80. The Morgan fingerprint density at radius 2 is 1.97 bits per heavy atom. The molecule has 0 unspecified atom stereocenters. The van der Waals surface area contributed by atoms with E-state index in [1.54, 1.807) is 6.07 Å². The molecule has 1 saturated carbocycles. The second kappa shape index (κ2) is 7.21. The number of nitrogens with zero attached hydrogens (tertiary/aromatic N) is 2. The molecule has 1 fully saturated rings. The van der Waals surface area contributed by atoms with Crippen LogP contribution in [0.25, 0.3) is 11.1 Å². The zero-order valence-corrected chi connectivity index (χ0v) is 17.2. The monoisotopic (exact) mass is 434 g/mol. The van der Waals surface area contributed by atoms with Crippen LogP contribution in [0.4, 0.5) is 18.9 Å². The van der Waals surface area contributed by atoms with E-state index >= 15 is 0 Å². The summed E-state index contributed by atoms with van der Waals surface area (Å²) in [7, 11) is 0. The van der Waals surface area contributed by atoms with Gasteiger partial charge in [0, 0.05) is 17.8 Å². The summed E-state index contributed by atoms with van der Waals surface area (Å²) in [5.41, 5.74) is -1.00. The molecule has 31 heavy (non-hydrogen) atoms. The Labute approximate surface area is 175 Å². The number of nitrogens with one attached hydrogen (secondary N) is 2. The molecule has 0 atom stereocenters. The third-order valence-electron chi connectivity index (χ3n) is 4.95. The van der Waals surface area contributed by atoms with Crippen molar-refractivity contribution in [3.63, 3.8) is 0 Å². The number of fused-ring (bicyclic) bond motifs is 1. The number of pyridine rings is 2. The minimum atomic E-state index is -4.67. The minimum absolute atomic E-state index is 0.162. The first kappa shape index (κ1) is 21.1. The molecular formula is C21H21F3N4O3. The zero-order valence-electron chi connectivity index (χ0n) is 17.2. The lowest BCUT2D eigenvalue weighted by molar-refractivity contribution is -0.137. The highest BCUT2D eigenvalue weighted by Gasteiger charge is 2.33. The van der Waals surface area contributed by atoms with Crippen molar-refractivity contribution in [2.24, 2.45) is 5.41 Å². The fraction of sp³-hybridized carbons (Fsp3) is 0.429. The first-order chi connectivity index (χ1) is 14.4. The van der Waals surface area contributed by atoms with E-state index in [2.05, 4.69) is 15.5 Å². The Morgan fingerprint density at radius 3 is 2.58 bits per heavy atom. The molecule has 0 aliphatic heterocycles. The number of halogens is 3. The molecule has 10 heteroatoms. The van der Waals surface area contributed by atoms with Crippen LogP contribution in [-0.4, -0.2) is 21.0 Å². The molecule has 0 radical (unpaired) electrons. The number of aromatic amines is 1. The molecule has 4 rings (SSSR count). The van der Waals surface area contributed by atoms with Crippen molar-refractivity contribution in [1.82, 2.24) is 15.1 Å². The largest absolute Gasteiger partial charge is 0.417 e. The SMILES string of the molecule is CC(C)(C)Cc1noc2nc(C3CC3)cc(C(=O)Nc3cc(C(F)(F)F)c[nH]c3=O)c12. The number of amides is 1. The van der Waals surface area contributed by atoms with E-state index in [1.165, 1.54) is 0 Å². The maximum absolute atomic E-state index is 13.1. The highest BCUT2D eigenvalue weighted by atomic mass is 19.4. The van der Waals surface area contributed by atoms with Crippen molar-refractivity contribution in [2.45, 2.75) is 52.1 Å². The second-order valence-electron chi connectivity index (χ2n) is 9.00. The summed E-state index contributed by atoms with van der Waals surface area (Å²) >= 11 is 0. The lowest BCUT2D eigenvalue weighted by Crippen LogP contribution is -2.22. The minimum Gasteiger partial charge on any atom is -0.336 e. The van der Waals surface area contributed by atoms with E-state index in [-0.39, 0.29) is 22.6 Å². The summed E-state index contributed by atoms with van der Waals surface area (Å²) in [6, 6.07) is 2.22. The van der Waals surface area contributed by atoms with Gasteiger partial charge in [-0.3, -0.25) is 9.59 Å². The van der Waals surface area contributed by atoms with Gasteiger partial charge in [0.05, 0.1) is 22.2 Å². The summed E-state index contributed by atoms with van der Waals surface area (Å²) in [6.07, 6.45) is -1.75. The summed E-state index contributed by atoms with van der Waals surface area (Å²) in [6.45, 7) is 6.00. The van der Waals surface area contributed by atoms with Crippen LogP contribution in [0, 0.1) is 5.41 Å². The summed E-state index contributed by atoms with van der Waals surface area (Å²) in [4.78, 5) is 31.6. The standard InChI is InChI=1S/C21H21F3N4O3/c1-20(2,3)8-15-16-12(7-13(10-4-5-10)27-19(16)31-28-15)17(29)26-14-6-11(21(22,23)24)9-25-18(14)30/h6-7,9-10H,4-5,8H2,1-3H3,(H,25,30)(H,26,29). The molecule has 0 saturated heterocycles. The molecule has 2 N–H and O–H groups in total. The van der Waals surface area contributed by atoms with Crippen molar-refractivity contribution in [3.8, 4) is 0 Å². The van der Waals surface area contributed by atoms with E-state index in [4.69, 9.17) is 4.52 Å². The van der Waals surface area contributed by atoms with Gasteiger partial charge in [-0.15, -0.1) is 0 Å². The lowest BCUT2D eigenvalue weighted by atomic mass is 9.89.